The maximum Gasteiger partial charge on any atom is 0.0900 e. The summed E-state index contributed by atoms with van der Waals surface area (Å²) < 4.78 is 7.47. The molecule has 12 aromatic rings. The molecular formula is C51H31N5S. The molecule has 0 saturated carbocycles. The van der Waals surface area contributed by atoms with Crippen molar-refractivity contribution < 1.29 is 0 Å². The van der Waals surface area contributed by atoms with E-state index in [4.69, 9.17) is 4.98 Å². The van der Waals surface area contributed by atoms with Gasteiger partial charge in [-0.2, -0.15) is 0 Å². The summed E-state index contributed by atoms with van der Waals surface area (Å²) in [6.45, 7) is 0. The molecule has 57 heavy (non-hydrogen) atoms. The van der Waals surface area contributed by atoms with Crippen LogP contribution in [0.4, 0.5) is 0 Å². The number of fused-ring (bicyclic) bond motifs is 11. The molecule has 0 atom stereocenters. The van der Waals surface area contributed by atoms with Crippen LogP contribution in [0, 0.1) is 0 Å². The molecule has 0 unspecified atom stereocenters. The first-order valence-corrected chi connectivity index (χ1v) is 19.9. The molecule has 0 radical (unpaired) electrons. The standard InChI is InChI=1S/C51H31N5S/c1-2-14-34(15-3-1)55-45-22-7-5-18-38(45)48-46(55)25-23-39-49-47(57-51(39)48)26-24-37-36-17-4-6-21-44(36)56(50(37)49)35-16-12-13-32(29-35)33-30-42(40-19-8-10-27-52-40)54-43(31-33)41-20-9-11-28-53-41/h1-31H. The third kappa shape index (κ3) is 4.91. The number of hydrogen-bond acceptors (Lipinski definition) is 4. The van der Waals surface area contributed by atoms with E-state index in [0.717, 1.165) is 39.6 Å². The van der Waals surface area contributed by atoms with Crippen molar-refractivity contribution in [1.29, 1.82) is 0 Å². The van der Waals surface area contributed by atoms with Crippen molar-refractivity contribution in [2.45, 2.75) is 0 Å². The lowest BCUT2D eigenvalue weighted by Crippen LogP contribution is -1.96. The summed E-state index contributed by atoms with van der Waals surface area (Å²) in [6.07, 6.45) is 3.63. The lowest BCUT2D eigenvalue weighted by atomic mass is 10.0. The normalized spacial score (nSPS) is 11.9. The topological polar surface area (TPSA) is 48.5 Å². The Morgan fingerprint density at radius 2 is 1.04 bits per heavy atom. The second-order valence-electron chi connectivity index (χ2n) is 14.4. The summed E-state index contributed by atoms with van der Waals surface area (Å²) in [5.41, 5.74) is 12.5. The number of para-hydroxylation sites is 3. The third-order valence-electron chi connectivity index (χ3n) is 11.2. The Hall–Kier alpha value is -7.41. The van der Waals surface area contributed by atoms with Crippen LogP contribution in [-0.2, 0) is 0 Å². The van der Waals surface area contributed by atoms with Crippen molar-refractivity contribution >= 4 is 75.1 Å². The zero-order valence-corrected chi connectivity index (χ0v) is 31.4. The second-order valence-corrected chi connectivity index (χ2v) is 15.5. The Kier molecular flexibility index (Phi) is 7.03. The van der Waals surface area contributed by atoms with Gasteiger partial charge in [0.05, 0.1) is 44.8 Å². The van der Waals surface area contributed by atoms with Gasteiger partial charge in [0.1, 0.15) is 0 Å². The lowest BCUT2D eigenvalue weighted by molar-refractivity contribution is 1.18. The molecule has 266 valence electrons. The zero-order chi connectivity index (χ0) is 37.5. The molecule has 0 amide bonds. The van der Waals surface area contributed by atoms with E-state index in [2.05, 4.69) is 159 Å². The van der Waals surface area contributed by atoms with Crippen LogP contribution in [0.15, 0.2) is 188 Å². The van der Waals surface area contributed by atoms with Gasteiger partial charge in [0.15, 0.2) is 0 Å². The maximum atomic E-state index is 5.04. The number of nitrogens with zero attached hydrogens (tertiary/aromatic N) is 5. The van der Waals surface area contributed by atoms with Crippen molar-refractivity contribution in [3.05, 3.63) is 188 Å². The predicted octanol–water partition coefficient (Wildman–Crippen LogP) is 13.4. The van der Waals surface area contributed by atoms with Crippen molar-refractivity contribution in [2.75, 3.05) is 0 Å². The fourth-order valence-corrected chi connectivity index (χ4v) is 10.0. The Morgan fingerprint density at radius 1 is 0.386 bits per heavy atom. The number of pyridine rings is 3. The van der Waals surface area contributed by atoms with Gasteiger partial charge < -0.3 is 9.13 Å². The molecule has 12 rings (SSSR count). The number of hydrogen-bond donors (Lipinski definition) is 0. The minimum atomic E-state index is 0.808. The van der Waals surface area contributed by atoms with Crippen LogP contribution in [-0.4, -0.2) is 24.1 Å². The summed E-state index contributed by atoms with van der Waals surface area (Å²) in [7, 11) is 0. The molecule has 6 aromatic carbocycles. The average Bonchev–Trinajstić information content (AvgIpc) is 3.95. The van der Waals surface area contributed by atoms with Gasteiger partial charge in [-0.25, -0.2) is 4.98 Å². The number of benzene rings is 6. The number of aromatic nitrogens is 5. The van der Waals surface area contributed by atoms with Gasteiger partial charge in [-0.1, -0.05) is 91.0 Å². The average molecular weight is 746 g/mol. The minimum absolute atomic E-state index is 0.808. The highest BCUT2D eigenvalue weighted by Gasteiger charge is 2.22. The molecule has 6 heterocycles. The van der Waals surface area contributed by atoms with Crippen molar-refractivity contribution in [3.63, 3.8) is 0 Å². The van der Waals surface area contributed by atoms with Crippen LogP contribution < -0.4 is 0 Å². The maximum absolute atomic E-state index is 5.04. The molecule has 0 fully saturated rings. The lowest BCUT2D eigenvalue weighted by Gasteiger charge is -2.13. The highest BCUT2D eigenvalue weighted by Crippen LogP contribution is 2.47. The van der Waals surface area contributed by atoms with E-state index in [-0.39, 0.29) is 0 Å². The van der Waals surface area contributed by atoms with Gasteiger partial charge in [-0.3, -0.25) is 9.97 Å². The van der Waals surface area contributed by atoms with Gasteiger partial charge in [-0.05, 0) is 96.1 Å². The van der Waals surface area contributed by atoms with E-state index in [1.54, 1.807) is 0 Å². The third-order valence-corrected chi connectivity index (χ3v) is 12.4. The van der Waals surface area contributed by atoms with Crippen LogP contribution in [0.25, 0.3) is 109 Å². The summed E-state index contributed by atoms with van der Waals surface area (Å²) in [4.78, 5) is 14.4. The largest absolute Gasteiger partial charge is 0.309 e. The van der Waals surface area contributed by atoms with Gasteiger partial charge in [-0.15, -0.1) is 11.3 Å². The molecular weight excluding hydrogens is 715 g/mol. The molecule has 0 saturated heterocycles. The van der Waals surface area contributed by atoms with E-state index in [9.17, 15) is 0 Å². The van der Waals surface area contributed by atoms with E-state index < -0.39 is 0 Å². The number of rotatable bonds is 5. The SMILES string of the molecule is c1ccc(-n2c3ccccc3c3c4sc5ccc6c7ccccc7n(-c7cccc(-c8cc(-c9ccccn9)nc(-c9ccccn9)c8)c7)c6c5c4ccc32)cc1. The minimum Gasteiger partial charge on any atom is -0.309 e. The first-order chi connectivity index (χ1) is 28.3. The fraction of sp³-hybridized carbons (Fsp3) is 0. The van der Waals surface area contributed by atoms with E-state index in [1.807, 2.05) is 60.1 Å². The van der Waals surface area contributed by atoms with Crippen LogP contribution in [0.5, 0.6) is 0 Å². The van der Waals surface area contributed by atoms with E-state index >= 15 is 0 Å². The summed E-state index contributed by atoms with van der Waals surface area (Å²) in [5.74, 6) is 0. The van der Waals surface area contributed by atoms with Crippen LogP contribution in [0.2, 0.25) is 0 Å². The molecule has 0 bridgehead atoms. The first kappa shape index (κ1) is 31.9. The molecule has 0 aliphatic rings. The van der Waals surface area contributed by atoms with Crippen molar-refractivity contribution in [1.82, 2.24) is 24.1 Å². The van der Waals surface area contributed by atoms with Crippen LogP contribution in [0.3, 0.4) is 0 Å². The van der Waals surface area contributed by atoms with Crippen LogP contribution in [0.1, 0.15) is 0 Å². The Morgan fingerprint density at radius 3 is 1.77 bits per heavy atom. The molecule has 0 N–H and O–H groups in total. The molecule has 5 nitrogen and oxygen atoms in total. The monoisotopic (exact) mass is 745 g/mol. The predicted molar refractivity (Wildman–Crippen MR) is 238 cm³/mol. The quantitative estimate of drug-likeness (QED) is 0.176. The highest BCUT2D eigenvalue weighted by molar-refractivity contribution is 7.27. The number of thiophene rings is 1. The Bertz CT molecular complexity index is 3450. The van der Waals surface area contributed by atoms with Gasteiger partial charge >= 0.3 is 0 Å². The van der Waals surface area contributed by atoms with E-state index in [1.165, 1.54) is 69.5 Å². The zero-order valence-electron chi connectivity index (χ0n) is 30.5. The van der Waals surface area contributed by atoms with Crippen LogP contribution >= 0.6 is 11.3 Å². The van der Waals surface area contributed by atoms with Gasteiger partial charge in [0.2, 0.25) is 0 Å². The molecule has 0 spiro atoms. The molecule has 6 heteroatoms. The Labute approximate surface area is 331 Å². The molecule has 0 aliphatic heterocycles. The smallest absolute Gasteiger partial charge is 0.0900 e. The summed E-state index contributed by atoms with van der Waals surface area (Å²) in [6, 6.07) is 62.7. The van der Waals surface area contributed by atoms with Crippen molar-refractivity contribution in [2.24, 2.45) is 0 Å². The van der Waals surface area contributed by atoms with Gasteiger partial charge in [0.25, 0.3) is 0 Å². The molecule has 6 aromatic heterocycles. The second kappa shape index (κ2) is 12.6. The molecule has 0 aliphatic carbocycles. The van der Waals surface area contributed by atoms with E-state index in [0.29, 0.717) is 0 Å². The summed E-state index contributed by atoms with van der Waals surface area (Å²) >= 11 is 1.90. The summed E-state index contributed by atoms with van der Waals surface area (Å²) in [5, 5.41) is 7.61. The van der Waals surface area contributed by atoms with Gasteiger partial charge in [0, 0.05) is 65.5 Å². The first-order valence-electron chi connectivity index (χ1n) is 19.1. The fourth-order valence-electron chi connectivity index (χ4n) is 8.76. The Balaban J connectivity index is 1.12. The highest BCUT2D eigenvalue weighted by atomic mass is 32.1. The van der Waals surface area contributed by atoms with Crippen molar-refractivity contribution in [3.8, 4) is 45.3 Å².